The van der Waals surface area contributed by atoms with Crippen LogP contribution in [0.3, 0.4) is 0 Å². The molecule has 9 heavy (non-hydrogen) atoms. The number of nitrogens with two attached hydrogens (primary N) is 1. The normalized spacial score (nSPS) is 13.6. The summed E-state index contributed by atoms with van der Waals surface area (Å²) >= 11 is 7.17. The second-order valence-electron chi connectivity index (χ2n) is 1.82. The van der Waals surface area contributed by atoms with Gasteiger partial charge in [-0.15, -0.1) is 11.6 Å². The van der Waals surface area contributed by atoms with Crippen molar-refractivity contribution in [1.82, 2.24) is 0 Å². The number of hydrogen-bond acceptors (Lipinski definition) is 2. The van der Waals surface area contributed by atoms with Gasteiger partial charge in [0.2, 0.25) is 0 Å². The van der Waals surface area contributed by atoms with Crippen LogP contribution in [0.4, 0.5) is 0 Å². The molecule has 1 nitrogen and oxygen atoms in total. The SMILES string of the molecule is N[C@@H](CCl)c1ccsc1. The van der Waals surface area contributed by atoms with Gasteiger partial charge in [0.25, 0.3) is 0 Å². The van der Waals surface area contributed by atoms with Gasteiger partial charge in [-0.3, -0.25) is 0 Å². The molecule has 0 aliphatic carbocycles. The molecule has 1 atom stereocenters. The fourth-order valence-electron chi connectivity index (χ4n) is 0.575. The van der Waals surface area contributed by atoms with Gasteiger partial charge in [0.05, 0.1) is 0 Å². The van der Waals surface area contributed by atoms with E-state index in [1.807, 2.05) is 16.8 Å². The fraction of sp³-hybridized carbons (Fsp3) is 0.333. The van der Waals surface area contributed by atoms with Gasteiger partial charge >= 0.3 is 0 Å². The molecule has 0 saturated heterocycles. The highest BCUT2D eigenvalue weighted by atomic mass is 35.5. The number of rotatable bonds is 2. The highest BCUT2D eigenvalue weighted by Gasteiger charge is 2.01. The van der Waals surface area contributed by atoms with Gasteiger partial charge in [-0.2, -0.15) is 11.3 Å². The first-order valence-corrected chi connectivity index (χ1v) is 4.16. The predicted molar refractivity (Wildman–Crippen MR) is 42.0 cm³/mol. The first kappa shape index (κ1) is 7.06. The Morgan fingerprint density at radius 3 is 3.00 bits per heavy atom. The molecular formula is C6H8ClNS. The Kier molecular flexibility index (Phi) is 2.51. The van der Waals surface area contributed by atoms with Crippen molar-refractivity contribution in [3.8, 4) is 0 Å². The molecule has 0 fully saturated rings. The molecule has 0 spiro atoms. The summed E-state index contributed by atoms with van der Waals surface area (Å²) in [5, 5.41) is 4.02. The Morgan fingerprint density at radius 1 is 1.78 bits per heavy atom. The molecule has 1 heterocycles. The van der Waals surface area contributed by atoms with Crippen LogP contribution >= 0.6 is 22.9 Å². The number of hydrogen-bond donors (Lipinski definition) is 1. The molecule has 0 radical (unpaired) electrons. The standard InChI is InChI=1S/C6H8ClNS/c7-3-6(8)5-1-2-9-4-5/h1-2,4,6H,3,8H2/t6-/m0/s1. The zero-order valence-electron chi connectivity index (χ0n) is 4.88. The lowest BCUT2D eigenvalue weighted by atomic mass is 10.2. The van der Waals surface area contributed by atoms with E-state index in [1.165, 1.54) is 0 Å². The van der Waals surface area contributed by atoms with Gasteiger partial charge in [-0.25, -0.2) is 0 Å². The largest absolute Gasteiger partial charge is 0.323 e. The molecule has 2 N–H and O–H groups in total. The Morgan fingerprint density at radius 2 is 2.56 bits per heavy atom. The molecule has 0 unspecified atom stereocenters. The van der Waals surface area contributed by atoms with E-state index >= 15 is 0 Å². The van der Waals surface area contributed by atoms with Crippen LogP contribution in [0.15, 0.2) is 16.8 Å². The average molecular weight is 162 g/mol. The molecule has 0 saturated carbocycles. The third-order valence-electron chi connectivity index (χ3n) is 1.14. The zero-order chi connectivity index (χ0) is 6.69. The van der Waals surface area contributed by atoms with Gasteiger partial charge in [-0.05, 0) is 22.4 Å². The Labute approximate surface area is 63.4 Å². The zero-order valence-corrected chi connectivity index (χ0v) is 6.45. The fourth-order valence-corrected chi connectivity index (χ4v) is 1.48. The maximum absolute atomic E-state index is 5.61. The molecule has 0 aliphatic rings. The third-order valence-corrected chi connectivity index (χ3v) is 2.17. The van der Waals surface area contributed by atoms with E-state index in [0.29, 0.717) is 5.88 Å². The van der Waals surface area contributed by atoms with Crippen LogP contribution in [-0.2, 0) is 0 Å². The summed E-state index contributed by atoms with van der Waals surface area (Å²) in [6.45, 7) is 0. The van der Waals surface area contributed by atoms with Gasteiger partial charge in [0.1, 0.15) is 0 Å². The van der Waals surface area contributed by atoms with E-state index in [0.717, 1.165) is 5.56 Å². The quantitative estimate of drug-likeness (QED) is 0.660. The van der Waals surface area contributed by atoms with Gasteiger partial charge in [0, 0.05) is 11.9 Å². The predicted octanol–water partition coefficient (Wildman–Crippen LogP) is 1.99. The lowest BCUT2D eigenvalue weighted by Crippen LogP contribution is -2.09. The summed E-state index contributed by atoms with van der Waals surface area (Å²) in [5.74, 6) is 0.497. The maximum atomic E-state index is 5.61. The average Bonchev–Trinajstić information content (AvgIpc) is 2.37. The van der Waals surface area contributed by atoms with E-state index in [1.54, 1.807) is 11.3 Å². The van der Waals surface area contributed by atoms with E-state index in [4.69, 9.17) is 17.3 Å². The van der Waals surface area contributed by atoms with Crippen molar-refractivity contribution in [1.29, 1.82) is 0 Å². The second-order valence-corrected chi connectivity index (χ2v) is 2.91. The van der Waals surface area contributed by atoms with Crippen molar-refractivity contribution in [2.45, 2.75) is 6.04 Å². The Bertz CT molecular complexity index is 162. The minimum atomic E-state index is 0.0120. The second kappa shape index (κ2) is 3.20. The third kappa shape index (κ3) is 1.68. The van der Waals surface area contributed by atoms with Gasteiger partial charge in [0.15, 0.2) is 0 Å². The van der Waals surface area contributed by atoms with Gasteiger partial charge in [-0.1, -0.05) is 0 Å². The molecule has 1 aromatic heterocycles. The van der Waals surface area contributed by atoms with Crippen molar-refractivity contribution < 1.29 is 0 Å². The maximum Gasteiger partial charge on any atom is 0.0440 e. The highest BCUT2D eigenvalue weighted by Crippen LogP contribution is 2.14. The van der Waals surface area contributed by atoms with E-state index < -0.39 is 0 Å². The summed E-state index contributed by atoms with van der Waals surface area (Å²) in [5.41, 5.74) is 6.75. The van der Waals surface area contributed by atoms with Crippen molar-refractivity contribution in [2.75, 3.05) is 5.88 Å². The van der Waals surface area contributed by atoms with Crippen LogP contribution in [0, 0.1) is 0 Å². The Hall–Kier alpha value is -0.0500. The molecule has 3 heteroatoms. The smallest absolute Gasteiger partial charge is 0.0440 e. The summed E-state index contributed by atoms with van der Waals surface area (Å²) < 4.78 is 0. The summed E-state index contributed by atoms with van der Waals surface area (Å²) in [4.78, 5) is 0. The first-order chi connectivity index (χ1) is 4.34. The molecule has 1 rings (SSSR count). The van der Waals surface area contributed by atoms with Crippen LogP contribution < -0.4 is 5.73 Å². The number of halogens is 1. The summed E-state index contributed by atoms with van der Waals surface area (Å²) in [7, 11) is 0. The van der Waals surface area contributed by atoms with Crippen molar-refractivity contribution >= 4 is 22.9 Å². The van der Waals surface area contributed by atoms with Crippen LogP contribution in [0.25, 0.3) is 0 Å². The molecule has 0 aliphatic heterocycles. The number of alkyl halides is 1. The van der Waals surface area contributed by atoms with E-state index in [9.17, 15) is 0 Å². The van der Waals surface area contributed by atoms with Crippen LogP contribution in [0.2, 0.25) is 0 Å². The minimum Gasteiger partial charge on any atom is -0.323 e. The van der Waals surface area contributed by atoms with Crippen LogP contribution in [-0.4, -0.2) is 5.88 Å². The number of thiophene rings is 1. The van der Waals surface area contributed by atoms with E-state index in [-0.39, 0.29) is 6.04 Å². The summed E-state index contributed by atoms with van der Waals surface area (Å²) in [6.07, 6.45) is 0. The van der Waals surface area contributed by atoms with Crippen molar-refractivity contribution in [2.24, 2.45) is 5.73 Å². The molecule has 0 bridgehead atoms. The lowest BCUT2D eigenvalue weighted by molar-refractivity contribution is 0.831. The first-order valence-electron chi connectivity index (χ1n) is 2.68. The Balaban J connectivity index is 2.65. The van der Waals surface area contributed by atoms with E-state index in [2.05, 4.69) is 0 Å². The van der Waals surface area contributed by atoms with Crippen molar-refractivity contribution in [3.05, 3.63) is 22.4 Å². The molecule has 50 valence electrons. The monoisotopic (exact) mass is 161 g/mol. The van der Waals surface area contributed by atoms with Crippen LogP contribution in [0.1, 0.15) is 11.6 Å². The van der Waals surface area contributed by atoms with Crippen LogP contribution in [0.5, 0.6) is 0 Å². The molecule has 1 aromatic rings. The topological polar surface area (TPSA) is 26.0 Å². The van der Waals surface area contributed by atoms with Gasteiger partial charge < -0.3 is 5.73 Å². The summed E-state index contributed by atoms with van der Waals surface area (Å²) in [6, 6.07) is 2.01. The molecule has 0 aromatic carbocycles. The minimum absolute atomic E-state index is 0.0120. The highest BCUT2D eigenvalue weighted by molar-refractivity contribution is 7.07. The molecule has 0 amide bonds. The lowest BCUT2D eigenvalue weighted by Gasteiger charge is -2.01. The van der Waals surface area contributed by atoms with Crippen molar-refractivity contribution in [3.63, 3.8) is 0 Å². The molecular weight excluding hydrogens is 154 g/mol.